The van der Waals surface area contributed by atoms with E-state index >= 15 is 0 Å². The van der Waals surface area contributed by atoms with E-state index in [0.29, 0.717) is 140 Å². The van der Waals surface area contributed by atoms with Crippen LogP contribution in [0.1, 0.15) is 91.4 Å². The van der Waals surface area contributed by atoms with E-state index in [1.807, 2.05) is 83.3 Å². The lowest BCUT2D eigenvalue weighted by Gasteiger charge is -2.14. The molecule has 0 spiro atoms. The van der Waals surface area contributed by atoms with Gasteiger partial charge in [0.1, 0.15) is 65.2 Å². The van der Waals surface area contributed by atoms with Crippen molar-refractivity contribution in [3.05, 3.63) is 193 Å². The van der Waals surface area contributed by atoms with Crippen molar-refractivity contribution in [2.75, 3.05) is 72.4 Å². The highest BCUT2D eigenvalue weighted by Gasteiger charge is 2.34. The highest BCUT2D eigenvalue weighted by molar-refractivity contribution is 7.15. The Bertz CT molecular complexity index is 5450. The summed E-state index contributed by atoms with van der Waals surface area (Å²) in [6.07, 6.45) is 14.1. The number of nitrogens with zero attached hydrogens (tertiary/aromatic N) is 18. The van der Waals surface area contributed by atoms with Gasteiger partial charge in [0.2, 0.25) is 11.8 Å². The van der Waals surface area contributed by atoms with Gasteiger partial charge >= 0.3 is 0 Å². The maximum atomic E-state index is 12.7. The summed E-state index contributed by atoms with van der Waals surface area (Å²) in [4.78, 5) is 119. The van der Waals surface area contributed by atoms with Gasteiger partial charge in [0, 0.05) is 96.1 Å². The predicted molar refractivity (Wildman–Crippen MR) is 399 cm³/mol. The smallest absolute Gasteiger partial charge is 0.298 e. The van der Waals surface area contributed by atoms with Crippen LogP contribution in [-0.2, 0) is 14.4 Å². The van der Waals surface area contributed by atoms with E-state index in [2.05, 4.69) is 85.8 Å². The van der Waals surface area contributed by atoms with Gasteiger partial charge in [-0.1, -0.05) is 55.5 Å². The molecule has 3 aromatic carbocycles. The van der Waals surface area contributed by atoms with Crippen LogP contribution in [-0.4, -0.2) is 164 Å². The van der Waals surface area contributed by atoms with Crippen molar-refractivity contribution in [3.8, 4) is 45.6 Å². The minimum atomic E-state index is -0.260. The number of nitrogens with two attached hydrogens (primary N) is 3. The van der Waals surface area contributed by atoms with Crippen molar-refractivity contribution in [3.63, 3.8) is 0 Å². The molecule has 105 heavy (non-hydrogen) atoms. The molecule has 3 aliphatic rings. The number of fused-ring (bicyclic) bond motifs is 3. The molecule has 0 aliphatic carbocycles. The molecule has 3 unspecified atom stereocenters. The number of aryl methyl sites for hydroxylation is 3. The van der Waals surface area contributed by atoms with Crippen molar-refractivity contribution in [1.29, 1.82) is 0 Å². The third-order valence-electron chi connectivity index (χ3n) is 18.0. The molecule has 9 N–H and O–H groups in total. The first-order valence-corrected chi connectivity index (χ1v) is 34.2. The lowest BCUT2D eigenvalue weighted by Crippen LogP contribution is -2.28. The summed E-state index contributed by atoms with van der Waals surface area (Å²) >= 11 is 1.42. The van der Waals surface area contributed by atoms with E-state index in [1.54, 1.807) is 88.7 Å². The Morgan fingerprint density at radius 1 is 0.486 bits per heavy atom. The van der Waals surface area contributed by atoms with Crippen LogP contribution in [0.5, 0.6) is 0 Å². The number of carbonyl (C=O) groups excluding carboxylic acids is 6. The van der Waals surface area contributed by atoms with Crippen LogP contribution in [0.25, 0.3) is 66.9 Å². The number of likely N-dealkylation sites (tertiary alicyclic amines) is 3. The van der Waals surface area contributed by atoms with Gasteiger partial charge in [0.25, 0.3) is 23.6 Å². The van der Waals surface area contributed by atoms with Gasteiger partial charge in [-0.25, -0.2) is 58.9 Å². The van der Waals surface area contributed by atoms with Gasteiger partial charge in [-0.05, 0) is 137 Å². The Labute approximate surface area is 604 Å². The highest BCUT2D eigenvalue weighted by atomic mass is 32.1. The Morgan fingerprint density at radius 3 is 1.19 bits per heavy atom. The SMILES string of the molecule is C=CC(=O)N1CCC(n2nc(-c3ccc(C(=O)Nc4cc(C)ccn4)cc3)c3c(N)ncnc32)C1.C=CC(=O)N1CCC(n2nc(-c3ccc(C(=O)Nc4ncc(C)s4)cc3)c3c(N)ncnc32)C1.CC#CC(=O)N1CCC(n2nc(-c3ccc(C(=O)Nc4cc(C)ccn4)cc3)c3c(N)ncnc32)C1. The number of thiazole rings is 1. The predicted octanol–water partition coefficient (Wildman–Crippen LogP) is 8.87. The molecule has 528 valence electrons. The molecule has 6 amide bonds. The van der Waals surface area contributed by atoms with Gasteiger partial charge in [-0.2, -0.15) is 15.3 Å². The first kappa shape index (κ1) is 70.0. The normalized spacial score (nSPS) is 15.3. The molecule has 0 bridgehead atoms. The molecule has 0 radical (unpaired) electrons. The van der Waals surface area contributed by atoms with Gasteiger partial charge in [0.15, 0.2) is 22.1 Å². The number of benzene rings is 3. The monoisotopic (exact) mass is 1420 g/mol. The maximum absolute atomic E-state index is 12.7. The fourth-order valence-electron chi connectivity index (χ4n) is 12.7. The fourth-order valence-corrected chi connectivity index (χ4v) is 13.4. The average Bonchev–Trinajstić information content (AvgIpc) is 1.62. The summed E-state index contributed by atoms with van der Waals surface area (Å²) in [5, 5.41) is 25.4. The Hall–Kier alpha value is -13.5. The van der Waals surface area contributed by atoms with E-state index in [4.69, 9.17) is 32.5 Å². The van der Waals surface area contributed by atoms with Crippen LogP contribution < -0.4 is 33.2 Å². The molecular formula is C74H70N24O6S. The summed E-state index contributed by atoms with van der Waals surface area (Å²) in [6.45, 7) is 17.9. The standard InChI is InChI=1S/C26H24N8O2.C25H24N8O2.C23H22N8O2S/c1-3-4-21(35)33-12-10-19(14-33)34-25-22(24(27)29-15-30-25)23(32-34)17-5-7-18(8-6-17)26(36)31-20-13-16(2)9-11-28-20;1-3-20(34)32-11-9-18(13-32)33-24-21(23(26)28-14-29-24)22(31-33)16-4-6-17(7-5-16)25(35)30-19-12-15(2)8-10-27-19;1-3-17(32)30-9-8-16(11-30)31-21-18(20(24)26-12-27-21)19(29-31)14-4-6-15(7-5-14)22(33)28-23-25-10-13(2)34-23/h5-9,11,13,15,19H,10,12,14H2,1-2H3,(H2,27,29,30)(H,28,31,36);3-8,10,12,14,18H,1,9,11,13H2,2H3,(H2,26,28,29)(H,27,30,35);3-7,10,12,16H,1,8-9,11H2,2H3,(H2,24,26,27)(H,25,28,33). The zero-order chi connectivity index (χ0) is 73.6. The number of nitrogen functional groups attached to an aromatic ring is 3. The minimum absolute atomic E-state index is 0.0405. The van der Waals surface area contributed by atoms with E-state index in [1.165, 1.54) is 42.5 Å². The molecular weight excluding hydrogens is 1350 g/mol. The number of nitrogens with one attached hydrogen (secondary N) is 3. The summed E-state index contributed by atoms with van der Waals surface area (Å²) in [6, 6.07) is 28.5. The van der Waals surface area contributed by atoms with Crippen LogP contribution in [0.3, 0.4) is 0 Å². The first-order chi connectivity index (χ1) is 50.8. The second kappa shape index (κ2) is 30.4. The van der Waals surface area contributed by atoms with E-state index in [-0.39, 0.29) is 53.6 Å². The number of carbonyl (C=O) groups is 6. The number of hydrogen-bond donors (Lipinski definition) is 6. The van der Waals surface area contributed by atoms with Gasteiger partial charge in [0.05, 0.1) is 34.3 Å². The van der Waals surface area contributed by atoms with Crippen LogP contribution >= 0.6 is 11.3 Å². The van der Waals surface area contributed by atoms with E-state index in [0.717, 1.165) is 52.0 Å². The number of aromatic nitrogens is 15. The van der Waals surface area contributed by atoms with Crippen molar-refractivity contribution in [2.45, 2.75) is 65.1 Å². The highest BCUT2D eigenvalue weighted by Crippen LogP contribution is 2.38. The van der Waals surface area contributed by atoms with Gasteiger partial charge in [-0.3, -0.25) is 34.1 Å². The van der Waals surface area contributed by atoms with Gasteiger partial charge < -0.3 is 42.5 Å². The summed E-state index contributed by atoms with van der Waals surface area (Å²) in [7, 11) is 0. The Morgan fingerprint density at radius 2 is 0.848 bits per heavy atom. The molecule has 3 atom stereocenters. The molecule has 31 heteroatoms. The number of anilines is 6. The van der Waals surface area contributed by atoms with Crippen LogP contribution in [0.2, 0.25) is 0 Å². The number of amides is 6. The number of pyridine rings is 2. The summed E-state index contributed by atoms with van der Waals surface area (Å²) < 4.78 is 5.47. The molecule has 3 fully saturated rings. The molecule has 0 saturated carbocycles. The van der Waals surface area contributed by atoms with Gasteiger partial charge in [-0.15, -0.1) is 11.3 Å². The first-order valence-electron chi connectivity index (χ1n) is 33.4. The Kier molecular flexibility index (Phi) is 20.2. The minimum Gasteiger partial charge on any atom is -0.383 e. The lowest BCUT2D eigenvalue weighted by atomic mass is 10.1. The van der Waals surface area contributed by atoms with Crippen LogP contribution in [0.4, 0.5) is 34.2 Å². The summed E-state index contributed by atoms with van der Waals surface area (Å²) in [5.74, 6) is 6.04. The molecule has 3 saturated heterocycles. The van der Waals surface area contributed by atoms with E-state index < -0.39 is 0 Å². The van der Waals surface area contributed by atoms with Crippen LogP contribution in [0.15, 0.2) is 160 Å². The molecule has 9 aromatic heterocycles. The van der Waals surface area contributed by atoms with Crippen molar-refractivity contribution in [1.82, 2.24) is 88.9 Å². The molecule has 15 rings (SSSR count). The van der Waals surface area contributed by atoms with E-state index in [9.17, 15) is 28.8 Å². The molecule has 30 nitrogen and oxygen atoms in total. The van der Waals surface area contributed by atoms with Crippen molar-refractivity contribution < 1.29 is 28.8 Å². The number of hydrogen-bond acceptors (Lipinski definition) is 22. The molecule has 12 aromatic rings. The quantitative estimate of drug-likeness (QED) is 0.0437. The second-order valence-corrected chi connectivity index (χ2v) is 26.2. The molecule has 12 heterocycles. The molecule has 3 aliphatic heterocycles. The zero-order valence-electron chi connectivity index (χ0n) is 57.5. The van der Waals surface area contributed by atoms with Crippen LogP contribution in [0, 0.1) is 32.6 Å². The zero-order valence-corrected chi connectivity index (χ0v) is 58.3. The fraction of sp³-hybridized carbons (Fsp3) is 0.216. The van der Waals surface area contributed by atoms with Crippen molar-refractivity contribution >= 4 is 114 Å². The maximum Gasteiger partial charge on any atom is 0.298 e. The third kappa shape index (κ3) is 15.0. The topological polar surface area (TPSA) is 396 Å². The summed E-state index contributed by atoms with van der Waals surface area (Å²) in [5.41, 5.74) is 28.2. The third-order valence-corrected chi connectivity index (χ3v) is 18.8. The second-order valence-electron chi connectivity index (χ2n) is 25.0. The average molecular weight is 1420 g/mol. The van der Waals surface area contributed by atoms with Crippen molar-refractivity contribution in [2.24, 2.45) is 0 Å². The largest absolute Gasteiger partial charge is 0.383 e. The number of rotatable bonds is 14. The Balaban J connectivity index is 0.000000140. The lowest BCUT2D eigenvalue weighted by molar-refractivity contribution is -0.125.